The summed E-state index contributed by atoms with van der Waals surface area (Å²) in [6.45, 7) is 3.47. The largest absolute Gasteiger partial charge is 0.464 e. The number of nitrogens with one attached hydrogen (secondary N) is 1. The molecule has 0 fully saturated rings. The molecule has 0 bridgehead atoms. The summed E-state index contributed by atoms with van der Waals surface area (Å²) < 4.78 is 27.1. The highest BCUT2D eigenvalue weighted by atomic mass is 32.2. The number of carbonyl (C=O) groups is 2. The summed E-state index contributed by atoms with van der Waals surface area (Å²) in [6, 6.07) is 5.45. The van der Waals surface area contributed by atoms with E-state index in [1.165, 1.54) is 19.1 Å². The zero-order valence-electron chi connectivity index (χ0n) is 12.3. The van der Waals surface area contributed by atoms with Gasteiger partial charge in [-0.2, -0.15) is 0 Å². The van der Waals surface area contributed by atoms with Crippen LogP contribution in [0.15, 0.2) is 24.3 Å². The smallest absolute Gasteiger partial charge is 0.328 e. The molecule has 1 aromatic rings. The summed E-state index contributed by atoms with van der Waals surface area (Å²) in [5.41, 5.74) is 0.955. The SMILES string of the molecule is CCOC(=O)C(C)NC(=O)c1ccc(CS(C)(=O)=O)cc1. The fraction of sp³-hybridized carbons (Fsp3) is 0.429. The van der Waals surface area contributed by atoms with E-state index in [-0.39, 0.29) is 12.4 Å². The monoisotopic (exact) mass is 313 g/mol. The van der Waals surface area contributed by atoms with E-state index in [1.807, 2.05) is 0 Å². The number of esters is 1. The second-order valence-corrected chi connectivity index (χ2v) is 6.85. The van der Waals surface area contributed by atoms with Crippen molar-refractivity contribution in [3.63, 3.8) is 0 Å². The van der Waals surface area contributed by atoms with Gasteiger partial charge >= 0.3 is 5.97 Å². The first kappa shape index (κ1) is 17.2. The molecular formula is C14H19NO5S. The third kappa shape index (κ3) is 5.95. The predicted molar refractivity (Wildman–Crippen MR) is 78.6 cm³/mol. The van der Waals surface area contributed by atoms with E-state index in [9.17, 15) is 18.0 Å². The molecule has 1 atom stereocenters. The van der Waals surface area contributed by atoms with Crippen LogP contribution in [-0.4, -0.2) is 39.2 Å². The Morgan fingerprint density at radius 1 is 1.24 bits per heavy atom. The Labute approximate surface area is 124 Å². The van der Waals surface area contributed by atoms with Crippen LogP contribution < -0.4 is 5.32 Å². The summed E-state index contributed by atoms with van der Waals surface area (Å²) in [5, 5.41) is 2.52. The van der Waals surface area contributed by atoms with Crippen LogP contribution in [0.1, 0.15) is 29.8 Å². The Bertz CT molecular complexity index is 607. The van der Waals surface area contributed by atoms with Crippen LogP contribution in [0.3, 0.4) is 0 Å². The first-order valence-corrected chi connectivity index (χ1v) is 8.53. The fourth-order valence-corrected chi connectivity index (χ4v) is 2.46. The molecule has 6 nitrogen and oxygen atoms in total. The molecule has 1 rings (SSSR count). The van der Waals surface area contributed by atoms with E-state index < -0.39 is 27.8 Å². The molecule has 1 amide bonds. The minimum Gasteiger partial charge on any atom is -0.464 e. The van der Waals surface area contributed by atoms with Gasteiger partial charge in [-0.15, -0.1) is 0 Å². The van der Waals surface area contributed by atoms with Crippen LogP contribution in [-0.2, 0) is 25.1 Å². The standard InChI is InChI=1S/C14H19NO5S/c1-4-20-14(17)10(2)15-13(16)12-7-5-11(6-8-12)9-21(3,18)19/h5-8,10H,4,9H2,1-3H3,(H,15,16). The van der Waals surface area contributed by atoms with Crippen LogP contribution in [0.4, 0.5) is 0 Å². The number of ether oxygens (including phenoxy) is 1. The van der Waals surface area contributed by atoms with Gasteiger partial charge in [0.1, 0.15) is 6.04 Å². The number of rotatable bonds is 6. The second kappa shape index (κ2) is 7.21. The molecule has 0 aliphatic rings. The van der Waals surface area contributed by atoms with E-state index in [4.69, 9.17) is 4.74 Å². The highest BCUT2D eigenvalue weighted by Gasteiger charge is 2.17. The van der Waals surface area contributed by atoms with Crippen LogP contribution in [0.5, 0.6) is 0 Å². The number of sulfone groups is 1. The van der Waals surface area contributed by atoms with Crippen LogP contribution >= 0.6 is 0 Å². The first-order valence-electron chi connectivity index (χ1n) is 6.47. The normalized spacial score (nSPS) is 12.5. The number of hydrogen-bond acceptors (Lipinski definition) is 5. The fourth-order valence-electron chi connectivity index (χ4n) is 1.66. The zero-order valence-corrected chi connectivity index (χ0v) is 13.1. The summed E-state index contributed by atoms with van der Waals surface area (Å²) in [6.07, 6.45) is 1.15. The molecule has 0 aliphatic carbocycles. The minimum absolute atomic E-state index is 0.0753. The lowest BCUT2D eigenvalue weighted by Gasteiger charge is -2.12. The Balaban J connectivity index is 2.69. The summed E-state index contributed by atoms with van der Waals surface area (Å²) >= 11 is 0. The van der Waals surface area contributed by atoms with Gasteiger partial charge in [0.15, 0.2) is 9.84 Å². The van der Waals surface area contributed by atoms with Gasteiger partial charge in [-0.05, 0) is 31.5 Å². The third-order valence-corrected chi connectivity index (χ3v) is 3.49. The summed E-state index contributed by atoms with van der Waals surface area (Å²) in [7, 11) is -3.11. The van der Waals surface area contributed by atoms with E-state index in [0.29, 0.717) is 11.1 Å². The van der Waals surface area contributed by atoms with Crippen molar-refractivity contribution in [3.8, 4) is 0 Å². The van der Waals surface area contributed by atoms with E-state index in [1.54, 1.807) is 19.1 Å². The molecule has 0 spiro atoms. The van der Waals surface area contributed by atoms with Gasteiger partial charge in [0.25, 0.3) is 5.91 Å². The molecule has 1 unspecified atom stereocenters. The Kier molecular flexibility index (Phi) is 5.90. The highest BCUT2D eigenvalue weighted by molar-refractivity contribution is 7.89. The second-order valence-electron chi connectivity index (χ2n) is 4.71. The molecule has 1 aromatic carbocycles. The average molecular weight is 313 g/mol. The highest BCUT2D eigenvalue weighted by Crippen LogP contribution is 2.08. The molecule has 0 saturated carbocycles. The van der Waals surface area contributed by atoms with Crippen molar-refractivity contribution in [1.82, 2.24) is 5.32 Å². The average Bonchev–Trinajstić information content (AvgIpc) is 2.37. The number of benzene rings is 1. The lowest BCUT2D eigenvalue weighted by molar-refractivity contribution is -0.144. The predicted octanol–water partition coefficient (Wildman–Crippen LogP) is 0.913. The van der Waals surface area contributed by atoms with Crippen molar-refractivity contribution in [2.75, 3.05) is 12.9 Å². The van der Waals surface area contributed by atoms with Crippen LogP contribution in [0.2, 0.25) is 0 Å². The van der Waals surface area contributed by atoms with Crippen molar-refractivity contribution in [2.24, 2.45) is 0 Å². The van der Waals surface area contributed by atoms with Crippen LogP contribution in [0, 0.1) is 0 Å². The molecule has 7 heteroatoms. The molecule has 0 heterocycles. The lowest BCUT2D eigenvalue weighted by atomic mass is 10.1. The lowest BCUT2D eigenvalue weighted by Crippen LogP contribution is -2.39. The molecule has 116 valence electrons. The van der Waals surface area contributed by atoms with Gasteiger partial charge in [0.05, 0.1) is 12.4 Å². The first-order chi connectivity index (χ1) is 9.73. The molecule has 0 aliphatic heterocycles. The number of hydrogen-bond donors (Lipinski definition) is 1. The summed E-state index contributed by atoms with van der Waals surface area (Å²) in [5.74, 6) is -0.991. The zero-order chi connectivity index (χ0) is 16.0. The maximum Gasteiger partial charge on any atom is 0.328 e. The van der Waals surface area contributed by atoms with Gasteiger partial charge in [-0.25, -0.2) is 13.2 Å². The topological polar surface area (TPSA) is 89.5 Å². The van der Waals surface area contributed by atoms with E-state index >= 15 is 0 Å². The molecule has 1 N–H and O–H groups in total. The molecule has 0 saturated heterocycles. The van der Waals surface area contributed by atoms with Crippen molar-refractivity contribution in [3.05, 3.63) is 35.4 Å². The van der Waals surface area contributed by atoms with Crippen LogP contribution in [0.25, 0.3) is 0 Å². The van der Waals surface area contributed by atoms with Crippen molar-refractivity contribution in [1.29, 1.82) is 0 Å². The Morgan fingerprint density at radius 2 is 1.81 bits per heavy atom. The van der Waals surface area contributed by atoms with Gasteiger partial charge < -0.3 is 10.1 Å². The molecular weight excluding hydrogens is 294 g/mol. The van der Waals surface area contributed by atoms with Gasteiger partial charge in [0, 0.05) is 11.8 Å². The van der Waals surface area contributed by atoms with Gasteiger partial charge in [0.2, 0.25) is 0 Å². The van der Waals surface area contributed by atoms with Crippen molar-refractivity contribution >= 4 is 21.7 Å². The third-order valence-electron chi connectivity index (χ3n) is 2.63. The molecule has 0 radical (unpaired) electrons. The Morgan fingerprint density at radius 3 is 2.29 bits per heavy atom. The minimum atomic E-state index is -3.11. The maximum atomic E-state index is 11.9. The maximum absolute atomic E-state index is 11.9. The molecule has 0 aromatic heterocycles. The Hall–Kier alpha value is -1.89. The quantitative estimate of drug-likeness (QED) is 0.789. The van der Waals surface area contributed by atoms with Crippen molar-refractivity contribution in [2.45, 2.75) is 25.6 Å². The van der Waals surface area contributed by atoms with Gasteiger partial charge in [-0.3, -0.25) is 4.79 Å². The molecule has 21 heavy (non-hydrogen) atoms. The number of amides is 1. The summed E-state index contributed by atoms with van der Waals surface area (Å²) in [4.78, 5) is 23.3. The van der Waals surface area contributed by atoms with E-state index in [2.05, 4.69) is 5.32 Å². The van der Waals surface area contributed by atoms with Crippen molar-refractivity contribution < 1.29 is 22.7 Å². The van der Waals surface area contributed by atoms with Gasteiger partial charge in [-0.1, -0.05) is 12.1 Å². The van der Waals surface area contributed by atoms with E-state index in [0.717, 1.165) is 6.26 Å². The number of carbonyl (C=O) groups excluding carboxylic acids is 2.